The minimum atomic E-state index is -0.713. The molecule has 0 aliphatic heterocycles. The lowest BCUT2D eigenvalue weighted by atomic mass is 10.1. The van der Waals surface area contributed by atoms with Crippen molar-refractivity contribution in [3.05, 3.63) is 59.7 Å². The van der Waals surface area contributed by atoms with E-state index in [-0.39, 0.29) is 5.69 Å². The van der Waals surface area contributed by atoms with Gasteiger partial charge in [-0.15, -0.1) is 0 Å². The van der Waals surface area contributed by atoms with Crippen LogP contribution in [0.15, 0.2) is 42.5 Å². The molecule has 4 heteroatoms. The molecule has 0 aliphatic rings. The van der Waals surface area contributed by atoms with Crippen LogP contribution in [0.5, 0.6) is 0 Å². The third-order valence-corrected chi connectivity index (χ3v) is 3.29. The van der Waals surface area contributed by atoms with Crippen LogP contribution in [0.4, 0.5) is 20.2 Å². The van der Waals surface area contributed by atoms with Gasteiger partial charge in [0.1, 0.15) is 5.82 Å². The quantitative estimate of drug-likeness (QED) is 0.845. The Hall–Kier alpha value is -2.10. The van der Waals surface area contributed by atoms with E-state index in [9.17, 15) is 8.78 Å². The number of anilines is 2. The predicted octanol–water partition coefficient (Wildman–Crippen LogP) is 3.62. The molecular weight excluding hydrogens is 258 g/mol. The molecule has 2 N–H and O–H groups in total. The number of nitrogens with zero attached hydrogens (tertiary/aromatic N) is 1. The molecule has 0 radical (unpaired) electrons. The van der Waals surface area contributed by atoms with Crippen molar-refractivity contribution < 1.29 is 8.78 Å². The number of hydrogen-bond acceptors (Lipinski definition) is 2. The van der Waals surface area contributed by atoms with Gasteiger partial charge in [-0.3, -0.25) is 0 Å². The topological polar surface area (TPSA) is 29.3 Å². The molecular formula is C16H18F2N2. The van der Waals surface area contributed by atoms with Crippen LogP contribution in [0.25, 0.3) is 0 Å². The van der Waals surface area contributed by atoms with Crippen molar-refractivity contribution >= 4 is 11.4 Å². The Morgan fingerprint density at radius 3 is 2.50 bits per heavy atom. The van der Waals surface area contributed by atoms with Gasteiger partial charge in [0.2, 0.25) is 0 Å². The van der Waals surface area contributed by atoms with E-state index in [0.29, 0.717) is 12.2 Å². The minimum absolute atomic E-state index is 0.00592. The maximum Gasteiger partial charge on any atom is 0.151 e. The molecule has 0 spiro atoms. The van der Waals surface area contributed by atoms with Gasteiger partial charge in [0.25, 0.3) is 0 Å². The van der Waals surface area contributed by atoms with Crippen LogP contribution in [0.3, 0.4) is 0 Å². The minimum Gasteiger partial charge on any atom is -0.395 e. The average Bonchev–Trinajstić information content (AvgIpc) is 2.44. The molecule has 0 heterocycles. The zero-order valence-corrected chi connectivity index (χ0v) is 11.4. The third-order valence-electron chi connectivity index (χ3n) is 3.29. The summed E-state index contributed by atoms with van der Waals surface area (Å²) in [6, 6.07) is 12.2. The van der Waals surface area contributed by atoms with Crippen molar-refractivity contribution in [3.63, 3.8) is 0 Å². The Bertz CT molecular complexity index is 570. The maximum atomic E-state index is 13.4. The first-order valence-corrected chi connectivity index (χ1v) is 6.57. The second kappa shape index (κ2) is 6.37. The van der Waals surface area contributed by atoms with E-state index in [2.05, 4.69) is 12.1 Å². The smallest absolute Gasteiger partial charge is 0.151 e. The van der Waals surface area contributed by atoms with Gasteiger partial charge in [0.15, 0.2) is 5.82 Å². The van der Waals surface area contributed by atoms with Crippen LogP contribution < -0.4 is 10.6 Å². The van der Waals surface area contributed by atoms with Gasteiger partial charge < -0.3 is 10.6 Å². The van der Waals surface area contributed by atoms with Crippen molar-refractivity contribution in [2.75, 3.05) is 24.2 Å². The highest BCUT2D eigenvalue weighted by atomic mass is 19.1. The van der Waals surface area contributed by atoms with Crippen LogP contribution in [0.2, 0.25) is 0 Å². The van der Waals surface area contributed by atoms with E-state index in [1.54, 1.807) is 11.9 Å². The fourth-order valence-electron chi connectivity index (χ4n) is 2.17. The zero-order chi connectivity index (χ0) is 14.5. The summed E-state index contributed by atoms with van der Waals surface area (Å²) in [5.74, 6) is -1.32. The molecule has 0 amide bonds. The molecule has 0 saturated carbocycles. The molecule has 20 heavy (non-hydrogen) atoms. The molecule has 0 aromatic heterocycles. The molecule has 0 bridgehead atoms. The Labute approximate surface area is 117 Å². The van der Waals surface area contributed by atoms with Gasteiger partial charge in [-0.25, -0.2) is 8.78 Å². The average molecular weight is 276 g/mol. The molecule has 2 rings (SSSR count). The summed E-state index contributed by atoms with van der Waals surface area (Å²) in [6.45, 7) is 0.683. The molecule has 2 aromatic carbocycles. The highest BCUT2D eigenvalue weighted by molar-refractivity contribution is 5.67. The second-order valence-electron chi connectivity index (χ2n) is 4.83. The van der Waals surface area contributed by atoms with Crippen molar-refractivity contribution in [2.24, 2.45) is 0 Å². The molecule has 0 saturated heterocycles. The number of aryl methyl sites for hydroxylation is 1. The number of rotatable bonds is 5. The molecule has 2 aromatic rings. The lowest BCUT2D eigenvalue weighted by molar-refractivity contribution is 0.585. The van der Waals surface area contributed by atoms with E-state index < -0.39 is 11.6 Å². The highest BCUT2D eigenvalue weighted by Crippen LogP contribution is 2.26. The normalized spacial score (nSPS) is 10.6. The fraction of sp³-hybridized carbons (Fsp3) is 0.250. The van der Waals surface area contributed by atoms with Gasteiger partial charge in [-0.1, -0.05) is 30.3 Å². The summed E-state index contributed by atoms with van der Waals surface area (Å²) in [4.78, 5) is 1.78. The summed E-state index contributed by atoms with van der Waals surface area (Å²) in [7, 11) is 1.79. The predicted molar refractivity (Wildman–Crippen MR) is 78.8 cm³/mol. The Kier molecular flexibility index (Phi) is 4.56. The fourth-order valence-corrected chi connectivity index (χ4v) is 2.17. The van der Waals surface area contributed by atoms with Gasteiger partial charge in [-0.05, 0) is 24.5 Å². The summed E-state index contributed by atoms with van der Waals surface area (Å²) in [6.07, 6.45) is 1.81. The van der Waals surface area contributed by atoms with E-state index >= 15 is 0 Å². The van der Waals surface area contributed by atoms with E-state index in [1.165, 1.54) is 11.6 Å². The van der Waals surface area contributed by atoms with Gasteiger partial charge in [0.05, 0.1) is 11.4 Å². The monoisotopic (exact) mass is 276 g/mol. The Morgan fingerprint density at radius 1 is 1.10 bits per heavy atom. The molecule has 106 valence electrons. The maximum absolute atomic E-state index is 13.4. The lowest BCUT2D eigenvalue weighted by Gasteiger charge is -2.21. The van der Waals surface area contributed by atoms with Crippen molar-refractivity contribution in [1.82, 2.24) is 0 Å². The Morgan fingerprint density at radius 2 is 1.80 bits per heavy atom. The number of benzene rings is 2. The third kappa shape index (κ3) is 3.47. The lowest BCUT2D eigenvalue weighted by Crippen LogP contribution is -2.21. The van der Waals surface area contributed by atoms with E-state index in [0.717, 1.165) is 18.9 Å². The van der Waals surface area contributed by atoms with Crippen LogP contribution >= 0.6 is 0 Å². The van der Waals surface area contributed by atoms with Crippen LogP contribution in [-0.2, 0) is 6.42 Å². The number of hydrogen-bond donors (Lipinski definition) is 1. The summed E-state index contributed by atoms with van der Waals surface area (Å²) >= 11 is 0. The highest BCUT2D eigenvalue weighted by Gasteiger charge is 2.11. The molecule has 0 atom stereocenters. The summed E-state index contributed by atoms with van der Waals surface area (Å²) in [5.41, 5.74) is 7.29. The standard InChI is InChI=1S/C16H18F2N2/c1-20(9-5-8-12-6-3-2-4-7-12)15-11-13(17)10-14(18)16(15)19/h2-4,6-7,10-11H,5,8-9,19H2,1H3. The van der Waals surface area contributed by atoms with E-state index in [4.69, 9.17) is 5.73 Å². The first-order valence-electron chi connectivity index (χ1n) is 6.57. The van der Waals surface area contributed by atoms with Gasteiger partial charge in [-0.2, -0.15) is 0 Å². The summed E-state index contributed by atoms with van der Waals surface area (Å²) in [5, 5.41) is 0. The van der Waals surface area contributed by atoms with Gasteiger partial charge in [0, 0.05) is 19.7 Å². The van der Waals surface area contributed by atoms with Crippen molar-refractivity contribution in [3.8, 4) is 0 Å². The first kappa shape index (κ1) is 14.3. The first-order chi connectivity index (χ1) is 9.58. The second-order valence-corrected chi connectivity index (χ2v) is 4.83. The van der Waals surface area contributed by atoms with Crippen LogP contribution in [0, 0.1) is 11.6 Å². The number of halogens is 2. The summed E-state index contributed by atoms with van der Waals surface area (Å²) < 4.78 is 26.6. The zero-order valence-electron chi connectivity index (χ0n) is 11.4. The largest absolute Gasteiger partial charge is 0.395 e. The SMILES string of the molecule is CN(CCCc1ccccc1)c1cc(F)cc(F)c1N. The Balaban J connectivity index is 1.97. The number of nitrogen functional groups attached to an aromatic ring is 1. The van der Waals surface area contributed by atoms with Crippen molar-refractivity contribution in [2.45, 2.75) is 12.8 Å². The molecule has 0 fully saturated rings. The van der Waals surface area contributed by atoms with Crippen LogP contribution in [0.1, 0.15) is 12.0 Å². The van der Waals surface area contributed by atoms with Crippen molar-refractivity contribution in [1.29, 1.82) is 0 Å². The van der Waals surface area contributed by atoms with Crippen LogP contribution in [-0.4, -0.2) is 13.6 Å². The van der Waals surface area contributed by atoms with Gasteiger partial charge >= 0.3 is 0 Å². The van der Waals surface area contributed by atoms with E-state index in [1.807, 2.05) is 18.2 Å². The molecule has 0 aliphatic carbocycles. The molecule has 2 nitrogen and oxygen atoms in total. The molecule has 0 unspecified atom stereocenters. The number of nitrogens with two attached hydrogens (primary N) is 1.